The maximum atomic E-state index is 11.9. The Morgan fingerprint density at radius 3 is 2.43 bits per heavy atom. The van der Waals surface area contributed by atoms with Gasteiger partial charge in [0.25, 0.3) is 0 Å². The molecule has 2 heterocycles. The molecule has 0 radical (unpaired) electrons. The summed E-state index contributed by atoms with van der Waals surface area (Å²) < 4.78 is 29.1. The SMILES string of the molecule is CC(C)(C)OC(=O)NC1CS(=O)(=O)CC1N1CCNCC1. The third-order valence-electron chi connectivity index (χ3n) is 3.65. The van der Waals surface area contributed by atoms with Crippen LogP contribution in [-0.4, -0.2) is 74.8 Å². The summed E-state index contributed by atoms with van der Waals surface area (Å²) in [6, 6.07) is -0.562. The molecule has 2 N–H and O–H groups in total. The third kappa shape index (κ3) is 4.82. The molecule has 0 spiro atoms. The quantitative estimate of drug-likeness (QED) is 0.719. The second kappa shape index (κ2) is 6.10. The molecule has 0 aromatic heterocycles. The molecule has 7 nitrogen and oxygen atoms in total. The summed E-state index contributed by atoms with van der Waals surface area (Å²) in [5, 5.41) is 5.98. The van der Waals surface area contributed by atoms with Gasteiger partial charge in [0.2, 0.25) is 0 Å². The molecule has 8 heteroatoms. The van der Waals surface area contributed by atoms with Crippen LogP contribution in [0.5, 0.6) is 0 Å². The smallest absolute Gasteiger partial charge is 0.407 e. The predicted molar refractivity (Wildman–Crippen MR) is 80.0 cm³/mol. The normalized spacial score (nSPS) is 30.0. The minimum Gasteiger partial charge on any atom is -0.444 e. The van der Waals surface area contributed by atoms with Gasteiger partial charge < -0.3 is 15.4 Å². The molecule has 0 saturated carbocycles. The van der Waals surface area contributed by atoms with Gasteiger partial charge in [-0.2, -0.15) is 0 Å². The highest BCUT2D eigenvalue weighted by atomic mass is 32.2. The van der Waals surface area contributed by atoms with Crippen LogP contribution in [0.1, 0.15) is 20.8 Å². The van der Waals surface area contributed by atoms with Crippen molar-refractivity contribution >= 4 is 15.9 Å². The molecule has 122 valence electrons. The second-order valence-corrected chi connectivity index (χ2v) is 8.84. The lowest BCUT2D eigenvalue weighted by Gasteiger charge is -2.35. The highest BCUT2D eigenvalue weighted by molar-refractivity contribution is 7.91. The van der Waals surface area contributed by atoms with Crippen molar-refractivity contribution in [2.75, 3.05) is 37.7 Å². The molecule has 0 aliphatic carbocycles. The number of carbonyl (C=O) groups is 1. The van der Waals surface area contributed by atoms with Crippen LogP contribution in [0.25, 0.3) is 0 Å². The first-order valence-electron chi connectivity index (χ1n) is 7.31. The van der Waals surface area contributed by atoms with E-state index in [4.69, 9.17) is 4.74 Å². The standard InChI is InChI=1S/C13H25N3O4S/c1-13(2,3)20-12(17)15-10-8-21(18,19)9-11(10)16-6-4-14-5-7-16/h10-11,14H,4-9H2,1-3H3,(H,15,17). The molecule has 0 aromatic carbocycles. The molecule has 2 atom stereocenters. The number of rotatable bonds is 2. The van der Waals surface area contributed by atoms with E-state index in [2.05, 4.69) is 15.5 Å². The average Bonchev–Trinajstić information content (AvgIpc) is 2.63. The van der Waals surface area contributed by atoms with Gasteiger partial charge in [-0.1, -0.05) is 0 Å². The van der Waals surface area contributed by atoms with E-state index >= 15 is 0 Å². The molecule has 0 aromatic rings. The van der Waals surface area contributed by atoms with Crippen molar-refractivity contribution in [1.29, 1.82) is 0 Å². The molecular formula is C13H25N3O4S. The molecule has 2 rings (SSSR count). The van der Waals surface area contributed by atoms with Gasteiger partial charge >= 0.3 is 6.09 Å². The zero-order valence-corrected chi connectivity index (χ0v) is 13.7. The highest BCUT2D eigenvalue weighted by Crippen LogP contribution is 2.20. The zero-order chi connectivity index (χ0) is 15.7. The van der Waals surface area contributed by atoms with Crippen LogP contribution in [0.4, 0.5) is 4.79 Å². The Hall–Kier alpha value is -0.860. The van der Waals surface area contributed by atoms with E-state index in [0.29, 0.717) is 0 Å². The van der Waals surface area contributed by atoms with E-state index < -0.39 is 27.6 Å². The van der Waals surface area contributed by atoms with Gasteiger partial charge in [-0.3, -0.25) is 4.90 Å². The van der Waals surface area contributed by atoms with Gasteiger partial charge in [-0.25, -0.2) is 13.2 Å². The van der Waals surface area contributed by atoms with Crippen molar-refractivity contribution in [2.45, 2.75) is 38.5 Å². The minimum atomic E-state index is -3.12. The fourth-order valence-electron chi connectivity index (χ4n) is 2.80. The summed E-state index contributed by atoms with van der Waals surface area (Å²) in [7, 11) is -3.12. The average molecular weight is 319 g/mol. The Morgan fingerprint density at radius 2 is 1.86 bits per heavy atom. The van der Waals surface area contributed by atoms with Crippen molar-refractivity contribution < 1.29 is 17.9 Å². The summed E-state index contributed by atoms with van der Waals surface area (Å²) in [5.41, 5.74) is -0.591. The second-order valence-electron chi connectivity index (χ2n) is 6.68. The number of carbonyl (C=O) groups excluding carboxylic acids is 1. The van der Waals surface area contributed by atoms with Crippen LogP contribution >= 0.6 is 0 Å². The van der Waals surface area contributed by atoms with E-state index in [0.717, 1.165) is 26.2 Å². The van der Waals surface area contributed by atoms with Crippen LogP contribution in [0, 0.1) is 0 Å². The van der Waals surface area contributed by atoms with E-state index in [1.54, 1.807) is 20.8 Å². The van der Waals surface area contributed by atoms with Gasteiger partial charge in [-0.05, 0) is 20.8 Å². The number of hydrogen-bond donors (Lipinski definition) is 2. The maximum absolute atomic E-state index is 11.9. The highest BCUT2D eigenvalue weighted by Gasteiger charge is 2.42. The molecule has 2 aliphatic rings. The third-order valence-corrected chi connectivity index (χ3v) is 5.36. The Labute approximate surface area is 126 Å². The van der Waals surface area contributed by atoms with Crippen LogP contribution < -0.4 is 10.6 Å². The summed E-state index contributed by atoms with van der Waals surface area (Å²) in [6.07, 6.45) is -0.551. The Bertz CT molecular complexity index is 480. The van der Waals surface area contributed by atoms with Gasteiger partial charge in [0.1, 0.15) is 5.60 Å². The number of ether oxygens (including phenoxy) is 1. The first-order chi connectivity index (χ1) is 9.66. The first-order valence-corrected chi connectivity index (χ1v) is 9.13. The molecule has 2 unspecified atom stereocenters. The van der Waals surface area contributed by atoms with Gasteiger partial charge in [0, 0.05) is 32.2 Å². The topological polar surface area (TPSA) is 87.7 Å². The van der Waals surface area contributed by atoms with E-state index in [1.165, 1.54) is 0 Å². The molecule has 2 fully saturated rings. The molecule has 1 amide bonds. The fraction of sp³-hybridized carbons (Fsp3) is 0.923. The zero-order valence-electron chi connectivity index (χ0n) is 12.9. The summed E-state index contributed by atoms with van der Waals surface area (Å²) in [6.45, 7) is 8.63. The van der Waals surface area contributed by atoms with E-state index in [9.17, 15) is 13.2 Å². The number of amides is 1. The lowest BCUT2D eigenvalue weighted by Crippen LogP contribution is -2.56. The minimum absolute atomic E-state index is 0.0131. The number of sulfone groups is 1. The molecule has 21 heavy (non-hydrogen) atoms. The Morgan fingerprint density at radius 1 is 1.24 bits per heavy atom. The summed E-state index contributed by atoms with van der Waals surface area (Å²) in [4.78, 5) is 14.0. The summed E-state index contributed by atoms with van der Waals surface area (Å²) in [5.74, 6) is 0.0916. The summed E-state index contributed by atoms with van der Waals surface area (Å²) >= 11 is 0. The van der Waals surface area contributed by atoms with Crippen LogP contribution in [0.15, 0.2) is 0 Å². The Balaban J connectivity index is 2.02. The maximum Gasteiger partial charge on any atom is 0.407 e. The fourth-order valence-corrected chi connectivity index (χ4v) is 4.75. The van der Waals surface area contributed by atoms with Gasteiger partial charge in [0.05, 0.1) is 17.5 Å². The van der Waals surface area contributed by atoms with Crippen molar-refractivity contribution in [3.63, 3.8) is 0 Å². The van der Waals surface area contributed by atoms with Gasteiger partial charge in [0.15, 0.2) is 9.84 Å². The molecular weight excluding hydrogens is 294 g/mol. The van der Waals surface area contributed by atoms with Crippen LogP contribution in [0.2, 0.25) is 0 Å². The van der Waals surface area contributed by atoms with Crippen molar-refractivity contribution in [3.8, 4) is 0 Å². The van der Waals surface area contributed by atoms with E-state index in [-0.39, 0.29) is 17.5 Å². The van der Waals surface area contributed by atoms with Crippen LogP contribution in [0.3, 0.4) is 0 Å². The predicted octanol–water partition coefficient (Wildman–Crippen LogP) is -0.418. The van der Waals surface area contributed by atoms with Crippen molar-refractivity contribution in [3.05, 3.63) is 0 Å². The van der Waals surface area contributed by atoms with Crippen molar-refractivity contribution in [1.82, 2.24) is 15.5 Å². The first kappa shape index (κ1) is 16.5. The number of nitrogens with zero attached hydrogens (tertiary/aromatic N) is 1. The number of nitrogens with one attached hydrogen (secondary N) is 2. The Kier molecular flexibility index (Phi) is 4.79. The number of hydrogen-bond acceptors (Lipinski definition) is 6. The molecule has 0 bridgehead atoms. The van der Waals surface area contributed by atoms with Crippen LogP contribution in [-0.2, 0) is 14.6 Å². The largest absolute Gasteiger partial charge is 0.444 e. The van der Waals surface area contributed by atoms with Crippen molar-refractivity contribution in [2.24, 2.45) is 0 Å². The lowest BCUT2D eigenvalue weighted by molar-refractivity contribution is 0.0477. The van der Waals surface area contributed by atoms with E-state index in [1.807, 2.05) is 0 Å². The molecule has 2 saturated heterocycles. The number of piperazine rings is 1. The number of alkyl carbamates (subject to hydrolysis) is 1. The van der Waals surface area contributed by atoms with Gasteiger partial charge in [-0.15, -0.1) is 0 Å². The lowest BCUT2D eigenvalue weighted by atomic mass is 10.1. The molecule has 2 aliphatic heterocycles. The monoisotopic (exact) mass is 319 g/mol.